The predicted molar refractivity (Wildman–Crippen MR) is 71.8 cm³/mol. The Morgan fingerprint density at radius 2 is 1.84 bits per heavy atom. The number of fused-ring (bicyclic) bond motifs is 1. The number of nitrogens with one attached hydrogen (secondary N) is 1. The van der Waals surface area contributed by atoms with Crippen LogP contribution < -0.4 is 5.32 Å². The molecule has 0 radical (unpaired) electrons. The van der Waals surface area contributed by atoms with E-state index in [-0.39, 0.29) is 5.69 Å². The quantitative estimate of drug-likeness (QED) is 0.753. The van der Waals surface area contributed by atoms with Gasteiger partial charge in [0.25, 0.3) is 0 Å². The molecule has 90 valence electrons. The van der Waals surface area contributed by atoms with Crippen molar-refractivity contribution < 1.29 is 0 Å². The molecule has 5 heteroatoms. The molecular formula is C14H9N5. The summed E-state index contributed by atoms with van der Waals surface area (Å²) < 4.78 is 0. The molecule has 0 atom stereocenters. The standard InChI is InChI=1S/C14H9N5/c15-9-13-14(18-8-7-17-13)19-12-5-1-4-11-10(12)3-2-6-16-11/h1-8H,(H,18,19). The Bertz CT molecular complexity index is 771. The normalized spacial score (nSPS) is 10.1. The van der Waals surface area contributed by atoms with E-state index in [9.17, 15) is 0 Å². The van der Waals surface area contributed by atoms with Gasteiger partial charge in [0.05, 0.1) is 5.52 Å². The van der Waals surface area contributed by atoms with Crippen molar-refractivity contribution in [2.24, 2.45) is 0 Å². The Balaban J connectivity index is 2.09. The van der Waals surface area contributed by atoms with E-state index in [1.54, 1.807) is 12.4 Å². The number of pyridine rings is 1. The molecule has 0 saturated heterocycles. The Morgan fingerprint density at radius 1 is 0.947 bits per heavy atom. The molecule has 3 aromatic rings. The van der Waals surface area contributed by atoms with E-state index in [1.807, 2.05) is 36.4 Å². The Morgan fingerprint density at radius 3 is 2.74 bits per heavy atom. The number of nitrogens with zero attached hydrogens (tertiary/aromatic N) is 4. The van der Waals surface area contributed by atoms with Gasteiger partial charge in [-0.3, -0.25) is 4.98 Å². The molecule has 0 fully saturated rings. The highest BCUT2D eigenvalue weighted by Crippen LogP contribution is 2.24. The van der Waals surface area contributed by atoms with Gasteiger partial charge in [-0.05, 0) is 24.3 Å². The maximum atomic E-state index is 9.00. The second-order valence-electron chi connectivity index (χ2n) is 3.87. The molecule has 3 rings (SSSR count). The molecule has 5 nitrogen and oxygen atoms in total. The highest BCUT2D eigenvalue weighted by molar-refractivity contribution is 5.92. The van der Waals surface area contributed by atoms with Gasteiger partial charge < -0.3 is 5.32 Å². The zero-order chi connectivity index (χ0) is 13.1. The summed E-state index contributed by atoms with van der Waals surface area (Å²) in [6, 6.07) is 11.6. The average Bonchev–Trinajstić information content (AvgIpc) is 2.48. The maximum absolute atomic E-state index is 9.00. The van der Waals surface area contributed by atoms with Gasteiger partial charge in [-0.1, -0.05) is 6.07 Å². The van der Waals surface area contributed by atoms with Crippen LogP contribution in [0.4, 0.5) is 11.5 Å². The van der Waals surface area contributed by atoms with Gasteiger partial charge in [0.15, 0.2) is 11.5 Å². The first-order valence-electron chi connectivity index (χ1n) is 5.70. The second kappa shape index (κ2) is 4.70. The number of anilines is 2. The predicted octanol–water partition coefficient (Wildman–Crippen LogP) is 2.64. The van der Waals surface area contributed by atoms with E-state index in [1.165, 1.54) is 6.20 Å². The van der Waals surface area contributed by atoms with Gasteiger partial charge in [0, 0.05) is 29.7 Å². The van der Waals surface area contributed by atoms with E-state index in [0.29, 0.717) is 5.82 Å². The van der Waals surface area contributed by atoms with Crippen LogP contribution in [0.15, 0.2) is 48.9 Å². The number of aromatic nitrogens is 3. The van der Waals surface area contributed by atoms with E-state index < -0.39 is 0 Å². The highest BCUT2D eigenvalue weighted by Gasteiger charge is 2.06. The highest BCUT2D eigenvalue weighted by atomic mass is 15.0. The lowest BCUT2D eigenvalue weighted by molar-refractivity contribution is 1.16. The smallest absolute Gasteiger partial charge is 0.183 e. The molecule has 0 spiro atoms. The minimum atomic E-state index is 0.267. The summed E-state index contributed by atoms with van der Waals surface area (Å²) in [6.07, 6.45) is 4.79. The van der Waals surface area contributed by atoms with Crippen LogP contribution in [0.2, 0.25) is 0 Å². The lowest BCUT2D eigenvalue weighted by atomic mass is 10.2. The first-order chi connectivity index (χ1) is 9.38. The fourth-order valence-electron chi connectivity index (χ4n) is 1.85. The molecule has 0 amide bonds. The SMILES string of the molecule is N#Cc1nccnc1Nc1cccc2ncccc12. The summed E-state index contributed by atoms with van der Waals surface area (Å²) in [5.74, 6) is 0.446. The second-order valence-corrected chi connectivity index (χ2v) is 3.87. The third kappa shape index (κ3) is 2.07. The van der Waals surface area contributed by atoms with Gasteiger partial charge in [0.1, 0.15) is 6.07 Å². The molecule has 2 heterocycles. The minimum Gasteiger partial charge on any atom is -0.337 e. The van der Waals surface area contributed by atoms with Gasteiger partial charge in [0.2, 0.25) is 0 Å². The van der Waals surface area contributed by atoms with Gasteiger partial charge in [-0.25, -0.2) is 9.97 Å². The van der Waals surface area contributed by atoms with E-state index in [4.69, 9.17) is 5.26 Å². The fraction of sp³-hybridized carbons (Fsp3) is 0. The van der Waals surface area contributed by atoms with Crippen molar-refractivity contribution in [2.75, 3.05) is 5.32 Å². The van der Waals surface area contributed by atoms with E-state index >= 15 is 0 Å². The third-order valence-corrected chi connectivity index (χ3v) is 2.70. The molecule has 1 N–H and O–H groups in total. The molecule has 19 heavy (non-hydrogen) atoms. The molecule has 2 aromatic heterocycles. The van der Waals surface area contributed by atoms with E-state index in [2.05, 4.69) is 20.3 Å². The molecule has 0 bridgehead atoms. The van der Waals surface area contributed by atoms with Crippen LogP contribution in [0.3, 0.4) is 0 Å². The largest absolute Gasteiger partial charge is 0.337 e. The third-order valence-electron chi connectivity index (χ3n) is 2.70. The van der Waals surface area contributed by atoms with Gasteiger partial charge in [-0.15, -0.1) is 0 Å². The molecular weight excluding hydrogens is 238 g/mol. The van der Waals surface area contributed by atoms with Crippen LogP contribution >= 0.6 is 0 Å². The lowest BCUT2D eigenvalue weighted by Crippen LogP contribution is -1.99. The van der Waals surface area contributed by atoms with Crippen molar-refractivity contribution in [3.05, 3.63) is 54.6 Å². The Hall–Kier alpha value is -3.00. The van der Waals surface area contributed by atoms with Crippen LogP contribution in [0, 0.1) is 11.3 Å². The summed E-state index contributed by atoms with van der Waals surface area (Å²) >= 11 is 0. The van der Waals surface area contributed by atoms with Crippen molar-refractivity contribution in [3.8, 4) is 6.07 Å². The zero-order valence-electron chi connectivity index (χ0n) is 9.91. The van der Waals surface area contributed by atoms with E-state index in [0.717, 1.165) is 16.6 Å². The van der Waals surface area contributed by atoms with Gasteiger partial charge in [-0.2, -0.15) is 5.26 Å². The number of rotatable bonds is 2. The Labute approximate surface area is 109 Å². The minimum absolute atomic E-state index is 0.267. The number of benzene rings is 1. The summed E-state index contributed by atoms with van der Waals surface area (Å²) in [4.78, 5) is 12.4. The van der Waals surface area contributed by atoms with Crippen molar-refractivity contribution in [1.82, 2.24) is 15.0 Å². The Kier molecular flexibility index (Phi) is 2.75. The average molecular weight is 247 g/mol. The van der Waals surface area contributed by atoms with Crippen LogP contribution in [-0.2, 0) is 0 Å². The lowest BCUT2D eigenvalue weighted by Gasteiger charge is -2.08. The van der Waals surface area contributed by atoms with Crippen molar-refractivity contribution in [1.29, 1.82) is 5.26 Å². The van der Waals surface area contributed by atoms with Crippen LogP contribution in [-0.4, -0.2) is 15.0 Å². The maximum Gasteiger partial charge on any atom is 0.183 e. The van der Waals surface area contributed by atoms with Crippen molar-refractivity contribution in [3.63, 3.8) is 0 Å². The first-order valence-corrected chi connectivity index (χ1v) is 5.70. The van der Waals surface area contributed by atoms with Crippen molar-refractivity contribution >= 4 is 22.4 Å². The molecule has 0 aliphatic rings. The summed E-state index contributed by atoms with van der Waals surface area (Å²) in [7, 11) is 0. The molecule has 0 aliphatic heterocycles. The molecule has 0 unspecified atom stereocenters. The summed E-state index contributed by atoms with van der Waals surface area (Å²) in [6.45, 7) is 0. The van der Waals surface area contributed by atoms with Crippen LogP contribution in [0.1, 0.15) is 5.69 Å². The van der Waals surface area contributed by atoms with Crippen LogP contribution in [0.5, 0.6) is 0 Å². The summed E-state index contributed by atoms with van der Waals surface area (Å²) in [5, 5.41) is 13.1. The molecule has 0 aliphatic carbocycles. The first kappa shape index (κ1) is 11.1. The number of hydrogen-bond acceptors (Lipinski definition) is 5. The zero-order valence-corrected chi connectivity index (χ0v) is 9.91. The molecule has 1 aromatic carbocycles. The monoisotopic (exact) mass is 247 g/mol. The number of hydrogen-bond donors (Lipinski definition) is 1. The summed E-state index contributed by atoms with van der Waals surface area (Å²) in [5.41, 5.74) is 2.00. The van der Waals surface area contributed by atoms with Gasteiger partial charge >= 0.3 is 0 Å². The topological polar surface area (TPSA) is 74.5 Å². The fourth-order valence-corrected chi connectivity index (χ4v) is 1.85. The number of nitriles is 1. The van der Waals surface area contributed by atoms with Crippen LogP contribution in [0.25, 0.3) is 10.9 Å². The van der Waals surface area contributed by atoms with Crippen molar-refractivity contribution in [2.45, 2.75) is 0 Å². The molecule has 0 saturated carbocycles.